The summed E-state index contributed by atoms with van der Waals surface area (Å²) < 4.78 is 38.8. The van der Waals surface area contributed by atoms with Crippen molar-refractivity contribution in [2.75, 3.05) is 12.4 Å². The number of aliphatic imine (C=N–C) groups is 1. The monoisotopic (exact) mass is 455 g/mol. The highest BCUT2D eigenvalue weighted by Gasteiger charge is 2.34. The molecule has 1 N–H and O–H groups in total. The average molecular weight is 456 g/mol. The predicted octanol–water partition coefficient (Wildman–Crippen LogP) is 5.26. The van der Waals surface area contributed by atoms with E-state index in [2.05, 4.69) is 10.3 Å². The molecule has 0 unspecified atom stereocenters. The lowest BCUT2D eigenvalue weighted by Crippen LogP contribution is -2.43. The minimum Gasteiger partial charge on any atom is -0.325 e. The number of amidine groups is 1. The third-order valence-electron chi connectivity index (χ3n) is 4.40. The summed E-state index contributed by atoms with van der Waals surface area (Å²) in [7, 11) is 1.47. The van der Waals surface area contributed by atoms with Crippen molar-refractivity contribution in [3.63, 3.8) is 0 Å². The van der Waals surface area contributed by atoms with Gasteiger partial charge in [-0.25, -0.2) is 4.99 Å². The summed E-state index contributed by atoms with van der Waals surface area (Å²) in [5.41, 5.74) is 0.538. The Morgan fingerprint density at radius 1 is 1.27 bits per heavy atom. The Morgan fingerprint density at radius 3 is 2.67 bits per heavy atom. The number of carbonyl (C=O) groups excluding carboxylic acids is 2. The van der Waals surface area contributed by atoms with Gasteiger partial charge >= 0.3 is 6.18 Å². The first kappa shape index (κ1) is 22.2. The second-order valence-electron chi connectivity index (χ2n) is 6.66. The molecular weight excluding hydrogens is 439 g/mol. The molecule has 1 atom stereocenters. The molecule has 3 rings (SSSR count). The number of nitrogens with zero attached hydrogens (tertiary/aromatic N) is 2. The molecule has 0 saturated carbocycles. The van der Waals surface area contributed by atoms with Crippen LogP contribution in [0.15, 0.2) is 47.5 Å². The van der Waals surface area contributed by atoms with Crippen molar-refractivity contribution >= 4 is 51.7 Å². The topological polar surface area (TPSA) is 61.8 Å². The van der Waals surface area contributed by atoms with Crippen molar-refractivity contribution in [3.05, 3.63) is 58.6 Å². The molecule has 1 aliphatic rings. The summed E-state index contributed by atoms with van der Waals surface area (Å²) >= 11 is 7.08. The van der Waals surface area contributed by atoms with E-state index >= 15 is 0 Å². The van der Waals surface area contributed by atoms with Gasteiger partial charge in [0.15, 0.2) is 5.17 Å². The number of hydrogen-bond acceptors (Lipinski definition) is 4. The van der Waals surface area contributed by atoms with E-state index in [-0.39, 0.29) is 23.2 Å². The standard InChI is InChI=1S/C20H17ClF3N3O2S/c1-11-6-7-14(9-15(11)21)25-18(29)16-10-17(28)27(2)19(30-16)26-13-5-3-4-12(8-13)20(22,23)24/h3-9,16H,10H2,1-2H3,(H,25,29)/t16-/m0/s1. The van der Waals surface area contributed by atoms with Crippen molar-refractivity contribution < 1.29 is 22.8 Å². The maximum absolute atomic E-state index is 12.9. The zero-order valence-electron chi connectivity index (χ0n) is 16.0. The van der Waals surface area contributed by atoms with Crippen molar-refractivity contribution in [1.82, 2.24) is 4.90 Å². The van der Waals surface area contributed by atoms with Gasteiger partial charge in [-0.05, 0) is 42.8 Å². The van der Waals surface area contributed by atoms with Gasteiger partial charge in [-0.2, -0.15) is 13.2 Å². The lowest BCUT2D eigenvalue weighted by molar-refractivity contribution is -0.137. The van der Waals surface area contributed by atoms with Gasteiger partial charge in [0, 0.05) is 24.2 Å². The van der Waals surface area contributed by atoms with E-state index in [1.165, 1.54) is 24.1 Å². The summed E-state index contributed by atoms with van der Waals surface area (Å²) in [5, 5.41) is 2.57. The van der Waals surface area contributed by atoms with Crippen LogP contribution in [0.25, 0.3) is 0 Å². The Bertz CT molecular complexity index is 1030. The first-order chi connectivity index (χ1) is 14.0. The average Bonchev–Trinajstić information content (AvgIpc) is 2.67. The van der Waals surface area contributed by atoms with Crippen LogP contribution in [-0.2, 0) is 15.8 Å². The largest absolute Gasteiger partial charge is 0.416 e. The van der Waals surface area contributed by atoms with E-state index < -0.39 is 22.9 Å². The van der Waals surface area contributed by atoms with Gasteiger partial charge in [0.1, 0.15) is 5.25 Å². The lowest BCUT2D eigenvalue weighted by Gasteiger charge is -2.28. The minimum absolute atomic E-state index is 0.0401. The zero-order chi connectivity index (χ0) is 22.1. The molecule has 0 bridgehead atoms. The zero-order valence-corrected chi connectivity index (χ0v) is 17.5. The Kier molecular flexibility index (Phi) is 6.42. The fourth-order valence-electron chi connectivity index (χ4n) is 2.65. The molecule has 2 amide bonds. The first-order valence-corrected chi connectivity index (χ1v) is 10.1. The van der Waals surface area contributed by atoms with Crippen LogP contribution < -0.4 is 5.32 Å². The molecule has 1 aliphatic heterocycles. The second-order valence-corrected chi connectivity index (χ2v) is 8.24. The molecule has 0 aliphatic carbocycles. The highest BCUT2D eigenvalue weighted by Crippen LogP contribution is 2.33. The molecule has 0 spiro atoms. The summed E-state index contributed by atoms with van der Waals surface area (Å²) in [6.07, 6.45) is -4.57. The highest BCUT2D eigenvalue weighted by molar-refractivity contribution is 8.15. The van der Waals surface area contributed by atoms with Gasteiger partial charge in [-0.1, -0.05) is 35.5 Å². The molecule has 5 nitrogen and oxygen atoms in total. The van der Waals surface area contributed by atoms with Gasteiger partial charge in [0.25, 0.3) is 0 Å². The number of amides is 2. The third kappa shape index (κ3) is 5.14. The Morgan fingerprint density at radius 2 is 2.00 bits per heavy atom. The number of aryl methyl sites for hydroxylation is 1. The Balaban J connectivity index is 1.81. The van der Waals surface area contributed by atoms with Crippen LogP contribution in [0.2, 0.25) is 5.02 Å². The van der Waals surface area contributed by atoms with E-state index in [4.69, 9.17) is 11.6 Å². The van der Waals surface area contributed by atoms with E-state index in [0.717, 1.165) is 29.5 Å². The van der Waals surface area contributed by atoms with Crippen LogP contribution in [0.5, 0.6) is 0 Å². The summed E-state index contributed by atoms with van der Waals surface area (Å²) in [6, 6.07) is 9.53. The fraction of sp³-hybridized carbons (Fsp3) is 0.250. The normalized spacial score (nSPS) is 18.6. The molecule has 2 aromatic rings. The number of carbonyl (C=O) groups is 2. The molecule has 0 aromatic heterocycles. The van der Waals surface area contributed by atoms with Crippen molar-refractivity contribution in [3.8, 4) is 0 Å². The van der Waals surface area contributed by atoms with Crippen LogP contribution in [0.1, 0.15) is 17.5 Å². The number of alkyl halides is 3. The molecule has 10 heteroatoms. The lowest BCUT2D eigenvalue weighted by atomic mass is 10.2. The van der Waals surface area contributed by atoms with Crippen LogP contribution in [0.4, 0.5) is 24.5 Å². The minimum atomic E-state index is -4.50. The smallest absolute Gasteiger partial charge is 0.325 e. The van der Waals surface area contributed by atoms with Crippen LogP contribution in [0, 0.1) is 6.92 Å². The SMILES string of the molecule is Cc1ccc(NC(=O)[C@@H]2CC(=O)N(C)C(=Nc3cccc(C(F)(F)F)c3)S2)cc1Cl. The molecule has 158 valence electrons. The highest BCUT2D eigenvalue weighted by atomic mass is 35.5. The Hall–Kier alpha value is -2.52. The maximum Gasteiger partial charge on any atom is 0.416 e. The van der Waals surface area contributed by atoms with E-state index in [9.17, 15) is 22.8 Å². The second kappa shape index (κ2) is 8.69. The van der Waals surface area contributed by atoms with Crippen molar-refractivity contribution in [2.24, 2.45) is 4.99 Å². The van der Waals surface area contributed by atoms with Crippen LogP contribution >= 0.6 is 23.4 Å². The van der Waals surface area contributed by atoms with Crippen LogP contribution in [-0.4, -0.2) is 34.2 Å². The number of halogens is 4. The number of nitrogens with one attached hydrogen (secondary N) is 1. The van der Waals surface area contributed by atoms with Gasteiger partial charge in [0.05, 0.1) is 11.3 Å². The molecule has 1 saturated heterocycles. The van der Waals surface area contributed by atoms with Gasteiger partial charge < -0.3 is 5.32 Å². The molecule has 1 fully saturated rings. The molecule has 0 radical (unpaired) electrons. The number of anilines is 1. The number of benzene rings is 2. The van der Waals surface area contributed by atoms with Gasteiger partial charge in [-0.15, -0.1) is 0 Å². The van der Waals surface area contributed by atoms with E-state index in [0.29, 0.717) is 10.7 Å². The Labute approximate surface area is 180 Å². The van der Waals surface area contributed by atoms with E-state index in [1.807, 2.05) is 6.92 Å². The predicted molar refractivity (Wildman–Crippen MR) is 112 cm³/mol. The molecule has 2 aromatic carbocycles. The number of hydrogen-bond donors (Lipinski definition) is 1. The summed E-state index contributed by atoms with van der Waals surface area (Å²) in [5.74, 6) is -0.778. The molecular formula is C20H17ClF3N3O2S. The van der Waals surface area contributed by atoms with Crippen molar-refractivity contribution in [1.29, 1.82) is 0 Å². The summed E-state index contributed by atoms with van der Waals surface area (Å²) in [6.45, 7) is 1.83. The first-order valence-electron chi connectivity index (χ1n) is 8.81. The molecule has 1 heterocycles. The third-order valence-corrected chi connectivity index (χ3v) is 6.05. The van der Waals surface area contributed by atoms with Gasteiger partial charge in [0.2, 0.25) is 11.8 Å². The molecule has 30 heavy (non-hydrogen) atoms. The number of thioether (sulfide) groups is 1. The fourth-order valence-corrected chi connectivity index (χ4v) is 3.90. The van der Waals surface area contributed by atoms with Crippen molar-refractivity contribution in [2.45, 2.75) is 24.8 Å². The number of rotatable bonds is 3. The maximum atomic E-state index is 12.9. The van der Waals surface area contributed by atoms with Crippen LogP contribution in [0.3, 0.4) is 0 Å². The van der Waals surface area contributed by atoms with E-state index in [1.54, 1.807) is 18.2 Å². The quantitative estimate of drug-likeness (QED) is 0.687. The summed E-state index contributed by atoms with van der Waals surface area (Å²) in [4.78, 5) is 30.4. The van der Waals surface area contributed by atoms with Gasteiger partial charge in [-0.3, -0.25) is 14.5 Å².